The number of hydrogen-bond acceptors (Lipinski definition) is 4. The Morgan fingerprint density at radius 2 is 1.97 bits per heavy atom. The van der Waals surface area contributed by atoms with Crippen molar-refractivity contribution in [3.63, 3.8) is 0 Å². The van der Waals surface area contributed by atoms with Crippen LogP contribution < -0.4 is 10.1 Å². The fourth-order valence-electron chi connectivity index (χ4n) is 4.11. The lowest BCUT2D eigenvalue weighted by molar-refractivity contribution is 0.0914. The van der Waals surface area contributed by atoms with Crippen LogP contribution in [0.2, 0.25) is 0 Å². The van der Waals surface area contributed by atoms with Crippen molar-refractivity contribution >= 4 is 5.91 Å². The molecular formula is C25H36N2O3. The van der Waals surface area contributed by atoms with Crippen molar-refractivity contribution in [3.05, 3.63) is 53.5 Å². The average Bonchev–Trinajstić information content (AvgIpc) is 3.22. The zero-order chi connectivity index (χ0) is 21.3. The molecule has 0 radical (unpaired) electrons. The Bertz CT molecular complexity index is 793. The lowest BCUT2D eigenvalue weighted by atomic mass is 9.93. The summed E-state index contributed by atoms with van der Waals surface area (Å²) in [5.74, 6) is 2.57. The molecule has 1 heterocycles. The number of nitrogens with zero attached hydrogens (tertiary/aromatic N) is 1. The summed E-state index contributed by atoms with van der Waals surface area (Å²) in [4.78, 5) is 14.8. The summed E-state index contributed by atoms with van der Waals surface area (Å²) in [7, 11) is 1.70. The van der Waals surface area contributed by atoms with Crippen LogP contribution in [0, 0.1) is 5.92 Å². The number of nitrogens with one attached hydrogen (secondary N) is 1. The van der Waals surface area contributed by atoms with E-state index in [4.69, 9.17) is 9.15 Å². The van der Waals surface area contributed by atoms with Crippen LogP contribution in [0.15, 0.2) is 40.8 Å². The first kappa shape index (κ1) is 22.4. The summed E-state index contributed by atoms with van der Waals surface area (Å²) in [5, 5.41) is 2.95. The van der Waals surface area contributed by atoms with Gasteiger partial charge in [0.15, 0.2) is 5.76 Å². The maximum Gasteiger partial charge on any atom is 0.286 e. The molecule has 2 aromatic rings. The van der Waals surface area contributed by atoms with E-state index in [1.54, 1.807) is 13.2 Å². The van der Waals surface area contributed by atoms with E-state index in [0.717, 1.165) is 24.5 Å². The molecular weight excluding hydrogens is 376 g/mol. The number of furan rings is 1. The predicted octanol–water partition coefficient (Wildman–Crippen LogP) is 5.40. The minimum absolute atomic E-state index is 0.126. The van der Waals surface area contributed by atoms with Gasteiger partial charge in [-0.05, 0) is 55.0 Å². The van der Waals surface area contributed by atoms with Gasteiger partial charge in [0.1, 0.15) is 11.5 Å². The maximum atomic E-state index is 12.4. The second-order valence-electron chi connectivity index (χ2n) is 8.75. The van der Waals surface area contributed by atoms with E-state index in [0.29, 0.717) is 30.8 Å². The summed E-state index contributed by atoms with van der Waals surface area (Å²) in [6.07, 6.45) is 7.28. The van der Waals surface area contributed by atoms with Crippen molar-refractivity contribution in [2.24, 2.45) is 5.92 Å². The van der Waals surface area contributed by atoms with Crippen molar-refractivity contribution in [1.29, 1.82) is 0 Å². The van der Waals surface area contributed by atoms with Crippen LogP contribution in [-0.4, -0.2) is 30.5 Å². The summed E-state index contributed by atoms with van der Waals surface area (Å²) in [5.41, 5.74) is 1.23. The van der Waals surface area contributed by atoms with E-state index >= 15 is 0 Å². The van der Waals surface area contributed by atoms with Gasteiger partial charge >= 0.3 is 0 Å². The molecule has 5 nitrogen and oxygen atoms in total. The molecule has 0 atom stereocenters. The molecule has 1 aromatic heterocycles. The highest BCUT2D eigenvalue weighted by Crippen LogP contribution is 2.27. The van der Waals surface area contributed by atoms with Crippen molar-refractivity contribution in [2.75, 3.05) is 13.7 Å². The largest absolute Gasteiger partial charge is 0.497 e. The van der Waals surface area contributed by atoms with E-state index in [1.165, 1.54) is 37.7 Å². The first-order valence-corrected chi connectivity index (χ1v) is 11.3. The van der Waals surface area contributed by atoms with E-state index in [2.05, 4.69) is 36.2 Å². The Morgan fingerprint density at radius 3 is 2.70 bits per heavy atom. The smallest absolute Gasteiger partial charge is 0.286 e. The summed E-state index contributed by atoms with van der Waals surface area (Å²) < 4.78 is 11.3. The minimum Gasteiger partial charge on any atom is -0.497 e. The SMILES string of the molecule is COc1cccc(CN(Cc2ccc(C(=O)NCCC(C)C)o2)C2CCCCC2)c1. The fraction of sp³-hybridized carbons (Fsp3) is 0.560. The maximum absolute atomic E-state index is 12.4. The van der Waals surface area contributed by atoms with Crippen LogP contribution >= 0.6 is 0 Å². The molecule has 30 heavy (non-hydrogen) atoms. The molecule has 164 valence electrons. The molecule has 5 heteroatoms. The molecule has 1 aliphatic carbocycles. The van der Waals surface area contributed by atoms with Crippen LogP contribution in [0.25, 0.3) is 0 Å². The number of methoxy groups -OCH3 is 1. The van der Waals surface area contributed by atoms with Crippen molar-refractivity contribution in [1.82, 2.24) is 10.2 Å². The first-order chi connectivity index (χ1) is 14.5. The molecule has 0 spiro atoms. The number of benzene rings is 1. The second-order valence-corrected chi connectivity index (χ2v) is 8.75. The third-order valence-electron chi connectivity index (χ3n) is 5.86. The lowest BCUT2D eigenvalue weighted by Crippen LogP contribution is -2.35. The molecule has 1 fully saturated rings. The van der Waals surface area contributed by atoms with Gasteiger partial charge in [0, 0.05) is 19.1 Å². The van der Waals surface area contributed by atoms with Gasteiger partial charge in [-0.15, -0.1) is 0 Å². The molecule has 1 amide bonds. The van der Waals surface area contributed by atoms with E-state index in [-0.39, 0.29) is 5.91 Å². The Hall–Kier alpha value is -2.27. The highest BCUT2D eigenvalue weighted by Gasteiger charge is 2.23. The zero-order valence-electron chi connectivity index (χ0n) is 18.7. The number of ether oxygens (including phenoxy) is 1. The van der Waals surface area contributed by atoms with E-state index < -0.39 is 0 Å². The second kappa shape index (κ2) is 11.2. The van der Waals surface area contributed by atoms with Gasteiger partial charge in [0.05, 0.1) is 13.7 Å². The Labute approximate surface area is 180 Å². The number of carbonyl (C=O) groups is 1. The standard InChI is InChI=1S/C25H36N2O3/c1-19(2)14-15-26-25(28)24-13-12-23(30-24)18-27(21-9-5-4-6-10-21)17-20-8-7-11-22(16-20)29-3/h7-8,11-13,16,19,21H,4-6,9-10,14-15,17-18H2,1-3H3,(H,26,28). The Morgan fingerprint density at radius 1 is 1.17 bits per heavy atom. The molecule has 1 aliphatic rings. The number of hydrogen-bond donors (Lipinski definition) is 1. The predicted molar refractivity (Wildman–Crippen MR) is 120 cm³/mol. The summed E-state index contributed by atoms with van der Waals surface area (Å²) in [6.45, 7) is 6.54. The number of rotatable bonds is 10. The van der Waals surface area contributed by atoms with E-state index in [9.17, 15) is 4.79 Å². The molecule has 0 bridgehead atoms. The van der Waals surface area contributed by atoms with Gasteiger partial charge in [-0.2, -0.15) is 0 Å². The summed E-state index contributed by atoms with van der Waals surface area (Å²) in [6, 6.07) is 12.5. The molecule has 1 N–H and O–H groups in total. The fourth-order valence-corrected chi connectivity index (χ4v) is 4.11. The van der Waals surface area contributed by atoms with Gasteiger partial charge in [0.2, 0.25) is 0 Å². The average molecular weight is 413 g/mol. The zero-order valence-corrected chi connectivity index (χ0v) is 18.7. The molecule has 1 aromatic carbocycles. The van der Waals surface area contributed by atoms with Gasteiger partial charge in [-0.25, -0.2) is 0 Å². The third-order valence-corrected chi connectivity index (χ3v) is 5.86. The van der Waals surface area contributed by atoms with Gasteiger partial charge in [-0.1, -0.05) is 45.2 Å². The van der Waals surface area contributed by atoms with E-state index in [1.807, 2.05) is 18.2 Å². The highest BCUT2D eigenvalue weighted by atomic mass is 16.5. The molecule has 0 unspecified atom stereocenters. The highest BCUT2D eigenvalue weighted by molar-refractivity contribution is 5.91. The quantitative estimate of drug-likeness (QED) is 0.568. The lowest BCUT2D eigenvalue weighted by Gasteiger charge is -2.34. The monoisotopic (exact) mass is 412 g/mol. The normalized spacial score (nSPS) is 15.0. The van der Waals surface area contributed by atoms with Crippen LogP contribution in [0.3, 0.4) is 0 Å². The topological polar surface area (TPSA) is 54.7 Å². The van der Waals surface area contributed by atoms with Gasteiger partial charge in [0.25, 0.3) is 5.91 Å². The molecule has 3 rings (SSSR count). The van der Waals surface area contributed by atoms with Crippen LogP contribution in [0.4, 0.5) is 0 Å². The van der Waals surface area contributed by atoms with Crippen molar-refractivity contribution in [2.45, 2.75) is 71.5 Å². The molecule has 0 saturated heterocycles. The molecule has 1 saturated carbocycles. The van der Waals surface area contributed by atoms with Crippen LogP contribution in [0.1, 0.15) is 74.3 Å². The number of carbonyl (C=O) groups excluding carboxylic acids is 1. The Kier molecular flexibility index (Phi) is 8.38. The van der Waals surface area contributed by atoms with Crippen LogP contribution in [-0.2, 0) is 13.1 Å². The van der Waals surface area contributed by atoms with Gasteiger partial charge < -0.3 is 14.5 Å². The van der Waals surface area contributed by atoms with Crippen LogP contribution in [0.5, 0.6) is 5.75 Å². The minimum atomic E-state index is -0.126. The van der Waals surface area contributed by atoms with Crippen molar-refractivity contribution in [3.8, 4) is 5.75 Å². The number of amides is 1. The third kappa shape index (κ3) is 6.63. The van der Waals surface area contributed by atoms with Gasteiger partial charge in [-0.3, -0.25) is 9.69 Å². The Balaban J connectivity index is 1.67. The molecule has 0 aliphatic heterocycles. The summed E-state index contributed by atoms with van der Waals surface area (Å²) >= 11 is 0. The first-order valence-electron chi connectivity index (χ1n) is 11.3. The van der Waals surface area contributed by atoms with Crippen molar-refractivity contribution < 1.29 is 13.9 Å².